The fourth-order valence-electron chi connectivity index (χ4n) is 8.59. The third kappa shape index (κ3) is 4.17. The zero-order valence-electron chi connectivity index (χ0n) is 21.3. The monoisotopic (exact) mass is 480 g/mol. The molecular weight excluding hydrogens is 440 g/mol. The number of carbonyl (C=O) groups excluding carboxylic acids is 3. The van der Waals surface area contributed by atoms with Crippen LogP contribution in [0.5, 0.6) is 0 Å². The second-order valence-corrected chi connectivity index (χ2v) is 12.0. The van der Waals surface area contributed by atoms with Gasteiger partial charge in [-0.25, -0.2) is 4.79 Å². The number of hydrogen-bond acceptors (Lipinski definition) is 4. The molecule has 0 aromatic heterocycles. The number of benzene rings is 1. The van der Waals surface area contributed by atoms with Crippen LogP contribution in [0.2, 0.25) is 0 Å². The van der Waals surface area contributed by atoms with E-state index < -0.39 is 12.0 Å². The predicted molar refractivity (Wildman–Crippen MR) is 133 cm³/mol. The average molecular weight is 481 g/mol. The summed E-state index contributed by atoms with van der Waals surface area (Å²) in [7, 11) is 1.38. The highest BCUT2D eigenvalue weighted by atomic mass is 16.5. The van der Waals surface area contributed by atoms with Crippen molar-refractivity contribution in [3.63, 3.8) is 0 Å². The summed E-state index contributed by atoms with van der Waals surface area (Å²) < 4.78 is 5.04. The molecule has 4 aliphatic rings. The van der Waals surface area contributed by atoms with Crippen molar-refractivity contribution < 1.29 is 19.1 Å². The molecule has 190 valence electrons. The van der Waals surface area contributed by atoms with E-state index in [1.807, 2.05) is 30.3 Å². The normalized spacial score (nSPS) is 38.8. The topological polar surface area (TPSA) is 84.5 Å². The van der Waals surface area contributed by atoms with Gasteiger partial charge in [-0.2, -0.15) is 0 Å². The zero-order chi connectivity index (χ0) is 24.8. The number of piperidine rings is 1. The Morgan fingerprint density at radius 2 is 1.77 bits per heavy atom. The van der Waals surface area contributed by atoms with Crippen LogP contribution in [0, 0.1) is 34.5 Å². The van der Waals surface area contributed by atoms with E-state index in [9.17, 15) is 14.4 Å². The number of ether oxygens (including phenoxy) is 1. The van der Waals surface area contributed by atoms with Crippen LogP contribution >= 0.6 is 0 Å². The molecule has 2 N–H and O–H groups in total. The van der Waals surface area contributed by atoms with Crippen molar-refractivity contribution >= 4 is 17.8 Å². The lowest BCUT2D eigenvalue weighted by Gasteiger charge is -2.60. The number of nitrogens with one attached hydrogen (secondary N) is 2. The van der Waals surface area contributed by atoms with Gasteiger partial charge in [-0.3, -0.25) is 9.59 Å². The molecule has 35 heavy (non-hydrogen) atoms. The molecular formula is C29H40N2O4. The molecule has 3 saturated carbocycles. The predicted octanol–water partition coefficient (Wildman–Crippen LogP) is 4.02. The average Bonchev–Trinajstić information content (AvgIpc) is 3.21. The van der Waals surface area contributed by atoms with Gasteiger partial charge in [-0.05, 0) is 79.1 Å². The van der Waals surface area contributed by atoms with Crippen molar-refractivity contribution in [2.75, 3.05) is 7.11 Å². The highest BCUT2D eigenvalue weighted by molar-refractivity contribution is 5.86. The summed E-state index contributed by atoms with van der Waals surface area (Å²) in [5.41, 5.74) is 1.13. The molecule has 2 amide bonds. The van der Waals surface area contributed by atoms with Gasteiger partial charge >= 0.3 is 5.97 Å². The van der Waals surface area contributed by atoms with Crippen molar-refractivity contribution in [2.24, 2.45) is 34.5 Å². The first-order valence-electron chi connectivity index (χ1n) is 13.5. The molecule has 8 atom stereocenters. The van der Waals surface area contributed by atoms with Crippen LogP contribution in [0.1, 0.15) is 70.8 Å². The Kier molecular flexibility index (Phi) is 6.43. The van der Waals surface area contributed by atoms with Crippen LogP contribution in [-0.2, 0) is 25.5 Å². The maximum atomic E-state index is 13.6. The second-order valence-electron chi connectivity index (χ2n) is 12.0. The summed E-state index contributed by atoms with van der Waals surface area (Å²) in [5.74, 6) is 1.50. The van der Waals surface area contributed by atoms with Gasteiger partial charge in [0.05, 0.1) is 7.11 Å². The Morgan fingerprint density at radius 3 is 2.51 bits per heavy atom. The Bertz CT molecular complexity index is 980. The van der Waals surface area contributed by atoms with Crippen molar-refractivity contribution in [1.29, 1.82) is 0 Å². The van der Waals surface area contributed by atoms with Gasteiger partial charge in [0.1, 0.15) is 6.04 Å². The summed E-state index contributed by atoms with van der Waals surface area (Å²) in [6.45, 7) is 4.73. The minimum Gasteiger partial charge on any atom is -0.467 e. The first-order valence-corrected chi connectivity index (χ1v) is 13.5. The van der Waals surface area contributed by atoms with Crippen LogP contribution in [0.15, 0.2) is 30.3 Å². The van der Waals surface area contributed by atoms with E-state index in [1.54, 1.807) is 0 Å². The molecule has 1 aliphatic heterocycles. The Morgan fingerprint density at radius 1 is 1.03 bits per heavy atom. The summed E-state index contributed by atoms with van der Waals surface area (Å²) in [6, 6.07) is 9.41. The van der Waals surface area contributed by atoms with Crippen molar-refractivity contribution in [1.82, 2.24) is 10.6 Å². The highest BCUT2D eigenvalue weighted by Crippen LogP contribution is 2.65. The van der Waals surface area contributed by atoms with E-state index in [0.717, 1.165) is 50.5 Å². The minimum atomic E-state index is -0.672. The molecule has 4 fully saturated rings. The molecule has 0 bridgehead atoms. The minimum absolute atomic E-state index is 0.00427. The van der Waals surface area contributed by atoms with Crippen molar-refractivity contribution in [3.8, 4) is 0 Å². The van der Waals surface area contributed by atoms with Crippen LogP contribution in [0.25, 0.3) is 0 Å². The zero-order valence-corrected chi connectivity index (χ0v) is 21.3. The number of carbonyl (C=O) groups is 3. The highest BCUT2D eigenvalue weighted by Gasteiger charge is 2.61. The molecule has 6 nitrogen and oxygen atoms in total. The number of fused-ring (bicyclic) bond motifs is 5. The number of esters is 1. The lowest BCUT2D eigenvalue weighted by molar-refractivity contribution is -0.148. The summed E-state index contributed by atoms with van der Waals surface area (Å²) in [6.07, 6.45) is 8.35. The smallest absolute Gasteiger partial charge is 0.328 e. The largest absolute Gasteiger partial charge is 0.467 e. The van der Waals surface area contributed by atoms with Gasteiger partial charge in [0, 0.05) is 24.8 Å². The van der Waals surface area contributed by atoms with Crippen LogP contribution < -0.4 is 10.6 Å². The van der Waals surface area contributed by atoms with E-state index in [0.29, 0.717) is 36.6 Å². The molecule has 0 spiro atoms. The lowest BCUT2D eigenvalue weighted by atomic mass is 9.47. The summed E-state index contributed by atoms with van der Waals surface area (Å²) in [4.78, 5) is 38.2. The molecule has 1 aromatic rings. The molecule has 1 heterocycles. The van der Waals surface area contributed by atoms with E-state index in [1.165, 1.54) is 7.11 Å². The standard InChI is InChI=1S/C29H40N2O4/c1-28-15-13-21-19(9-12-24-29(21,2)16-14-25(32)31-24)20(28)10-11-22(28)26(33)30-23(27(34)35-3)17-18-7-5-4-6-8-18/h4-8,19-24H,9-17H2,1-3H3,(H,30,33)(H,31,32)/t19-,20-,21-,22+,23-,24+,28-,29+/m0/s1. The molecule has 0 unspecified atom stereocenters. The number of rotatable bonds is 5. The van der Waals surface area contributed by atoms with Gasteiger partial charge in [-0.1, -0.05) is 44.2 Å². The maximum absolute atomic E-state index is 13.6. The van der Waals surface area contributed by atoms with Crippen LogP contribution in [0.3, 0.4) is 0 Å². The second kappa shape index (κ2) is 9.25. The molecule has 3 aliphatic carbocycles. The Hall–Kier alpha value is -2.37. The van der Waals surface area contributed by atoms with E-state index in [4.69, 9.17) is 4.74 Å². The lowest BCUT2D eigenvalue weighted by Crippen LogP contribution is -2.61. The third-order valence-electron chi connectivity index (χ3n) is 10.5. The Labute approximate surface area is 208 Å². The molecule has 6 heteroatoms. The third-order valence-corrected chi connectivity index (χ3v) is 10.5. The molecule has 1 saturated heterocycles. The van der Waals surface area contributed by atoms with Gasteiger partial charge in [0.25, 0.3) is 0 Å². The number of methoxy groups -OCH3 is 1. The van der Waals surface area contributed by atoms with Gasteiger partial charge in [0.2, 0.25) is 11.8 Å². The Balaban J connectivity index is 1.31. The van der Waals surface area contributed by atoms with Crippen LogP contribution in [-0.4, -0.2) is 37.0 Å². The van der Waals surface area contributed by atoms with Gasteiger partial charge < -0.3 is 15.4 Å². The van der Waals surface area contributed by atoms with Crippen LogP contribution in [0.4, 0.5) is 0 Å². The molecule has 1 aromatic carbocycles. The van der Waals surface area contributed by atoms with Crippen molar-refractivity contribution in [3.05, 3.63) is 35.9 Å². The number of amides is 2. The van der Waals surface area contributed by atoms with E-state index in [-0.39, 0.29) is 28.6 Å². The summed E-state index contributed by atoms with van der Waals surface area (Å²) >= 11 is 0. The maximum Gasteiger partial charge on any atom is 0.328 e. The SMILES string of the molecule is COC(=O)[C@H](Cc1ccccc1)NC(=O)[C@H]1CC[C@H]2[C@@H]3CC[C@H]4NC(=O)CC[C@]4(C)[C@H]3CC[C@]12C. The first kappa shape index (κ1) is 24.3. The molecule has 0 radical (unpaired) electrons. The molecule has 5 rings (SSSR count). The van der Waals surface area contributed by atoms with E-state index in [2.05, 4.69) is 24.5 Å². The van der Waals surface area contributed by atoms with Gasteiger partial charge in [0.15, 0.2) is 0 Å². The quantitative estimate of drug-likeness (QED) is 0.624. The number of hydrogen-bond donors (Lipinski definition) is 2. The fourth-order valence-corrected chi connectivity index (χ4v) is 8.59. The first-order chi connectivity index (χ1) is 16.8. The van der Waals surface area contributed by atoms with Gasteiger partial charge in [-0.15, -0.1) is 0 Å². The van der Waals surface area contributed by atoms with Crippen molar-refractivity contribution in [2.45, 2.75) is 83.7 Å². The van der Waals surface area contributed by atoms with E-state index >= 15 is 0 Å². The fraction of sp³-hybridized carbons (Fsp3) is 0.690. The summed E-state index contributed by atoms with van der Waals surface area (Å²) in [5, 5.41) is 6.38.